The van der Waals surface area contributed by atoms with Crippen LogP contribution in [0.2, 0.25) is 0 Å². The Morgan fingerprint density at radius 3 is 1.38 bits per heavy atom. The van der Waals surface area contributed by atoms with E-state index in [0.717, 1.165) is 6.42 Å². The molecule has 0 unspecified atom stereocenters. The third-order valence-electron chi connectivity index (χ3n) is 3.88. The van der Waals surface area contributed by atoms with Gasteiger partial charge < -0.3 is 0 Å². The second-order valence-corrected chi connectivity index (χ2v) is 6.43. The SMILES string of the molecule is CCCCCCCCCCCCCCCC=CC(N)(N)N. The highest BCUT2D eigenvalue weighted by atomic mass is 15.1. The van der Waals surface area contributed by atoms with Crippen molar-refractivity contribution in [2.45, 2.75) is 103 Å². The summed E-state index contributed by atoms with van der Waals surface area (Å²) in [6.45, 7) is 2.28. The molecule has 0 saturated carbocycles. The van der Waals surface area contributed by atoms with E-state index in [2.05, 4.69) is 6.92 Å². The van der Waals surface area contributed by atoms with Crippen molar-refractivity contribution in [2.24, 2.45) is 17.2 Å². The van der Waals surface area contributed by atoms with Crippen molar-refractivity contribution >= 4 is 0 Å². The van der Waals surface area contributed by atoms with Gasteiger partial charge in [0.1, 0.15) is 5.79 Å². The molecular weight excluding hydrogens is 258 g/mol. The highest BCUT2D eigenvalue weighted by molar-refractivity contribution is 4.96. The van der Waals surface area contributed by atoms with Crippen LogP contribution in [-0.4, -0.2) is 5.79 Å². The number of rotatable bonds is 15. The van der Waals surface area contributed by atoms with Gasteiger partial charge in [-0.25, -0.2) is 0 Å². The number of allylic oxidation sites excluding steroid dienone is 1. The Morgan fingerprint density at radius 2 is 1.00 bits per heavy atom. The fourth-order valence-corrected chi connectivity index (χ4v) is 2.57. The molecule has 0 aliphatic carbocycles. The Morgan fingerprint density at radius 1 is 0.619 bits per heavy atom. The third-order valence-corrected chi connectivity index (χ3v) is 3.88. The van der Waals surface area contributed by atoms with Crippen LogP contribution in [0.3, 0.4) is 0 Å². The molecule has 0 rings (SSSR count). The molecule has 3 nitrogen and oxygen atoms in total. The molecule has 0 aliphatic rings. The van der Waals surface area contributed by atoms with E-state index in [0.29, 0.717) is 0 Å². The highest BCUT2D eigenvalue weighted by Gasteiger charge is 2.03. The molecule has 21 heavy (non-hydrogen) atoms. The summed E-state index contributed by atoms with van der Waals surface area (Å²) in [5.74, 6) is -1.14. The van der Waals surface area contributed by atoms with Gasteiger partial charge in [0.15, 0.2) is 0 Å². The zero-order valence-electron chi connectivity index (χ0n) is 14.3. The largest absolute Gasteiger partial charge is 0.298 e. The lowest BCUT2D eigenvalue weighted by Gasteiger charge is -2.11. The maximum absolute atomic E-state index is 5.46. The summed E-state index contributed by atoms with van der Waals surface area (Å²) in [6, 6.07) is 0. The smallest absolute Gasteiger partial charge is 0.135 e. The average Bonchev–Trinajstić information content (AvgIpc) is 2.42. The number of nitrogens with two attached hydrogens (primary N) is 3. The second kappa shape index (κ2) is 14.6. The van der Waals surface area contributed by atoms with Gasteiger partial charge >= 0.3 is 0 Å². The second-order valence-electron chi connectivity index (χ2n) is 6.43. The van der Waals surface area contributed by atoms with Crippen molar-refractivity contribution < 1.29 is 0 Å². The summed E-state index contributed by atoms with van der Waals surface area (Å²) in [5, 5.41) is 0. The van der Waals surface area contributed by atoms with E-state index >= 15 is 0 Å². The molecule has 0 aromatic rings. The minimum absolute atomic E-state index is 1.03. The van der Waals surface area contributed by atoms with Crippen molar-refractivity contribution in [3.05, 3.63) is 12.2 Å². The average molecular weight is 298 g/mol. The molecule has 0 radical (unpaired) electrons. The van der Waals surface area contributed by atoms with Crippen LogP contribution in [0.4, 0.5) is 0 Å². The number of hydrogen-bond acceptors (Lipinski definition) is 3. The van der Waals surface area contributed by atoms with Crippen molar-refractivity contribution in [3.8, 4) is 0 Å². The van der Waals surface area contributed by atoms with Crippen LogP contribution in [0.15, 0.2) is 12.2 Å². The van der Waals surface area contributed by atoms with Gasteiger partial charge in [0.25, 0.3) is 0 Å². The lowest BCUT2D eigenvalue weighted by molar-refractivity contribution is 0.539. The first kappa shape index (κ1) is 20.6. The van der Waals surface area contributed by atoms with Crippen molar-refractivity contribution in [2.75, 3.05) is 0 Å². The zero-order chi connectivity index (χ0) is 15.8. The van der Waals surface area contributed by atoms with E-state index in [1.807, 2.05) is 6.08 Å². The minimum Gasteiger partial charge on any atom is -0.298 e. The molecule has 0 fully saturated rings. The standard InChI is InChI=1S/C18H39N3/c1-2-3-4-5-6-7-8-9-10-11-12-13-14-15-16-17-18(19,20)21/h16-17H,2-15,19-21H2,1H3. The third kappa shape index (κ3) is 19.6. The molecule has 6 N–H and O–H groups in total. The zero-order valence-corrected chi connectivity index (χ0v) is 14.3. The summed E-state index contributed by atoms with van der Waals surface area (Å²) in [4.78, 5) is 0. The van der Waals surface area contributed by atoms with E-state index in [-0.39, 0.29) is 0 Å². The summed E-state index contributed by atoms with van der Waals surface area (Å²) in [7, 11) is 0. The van der Waals surface area contributed by atoms with E-state index in [4.69, 9.17) is 17.2 Å². The van der Waals surface area contributed by atoms with Gasteiger partial charge in [-0.05, 0) is 18.9 Å². The molecule has 0 aliphatic heterocycles. The summed E-state index contributed by atoms with van der Waals surface area (Å²) in [6.07, 6.45) is 22.7. The van der Waals surface area contributed by atoms with Crippen LogP contribution in [0.25, 0.3) is 0 Å². The molecular formula is C18H39N3. The van der Waals surface area contributed by atoms with Gasteiger partial charge in [0.05, 0.1) is 0 Å². The maximum Gasteiger partial charge on any atom is 0.135 e. The molecule has 0 bridgehead atoms. The maximum atomic E-state index is 5.46. The highest BCUT2D eigenvalue weighted by Crippen LogP contribution is 2.13. The van der Waals surface area contributed by atoms with Gasteiger partial charge in [-0.1, -0.05) is 90.0 Å². The first-order valence-electron chi connectivity index (χ1n) is 9.10. The van der Waals surface area contributed by atoms with E-state index < -0.39 is 5.79 Å². The molecule has 3 heteroatoms. The van der Waals surface area contributed by atoms with E-state index in [1.165, 1.54) is 83.5 Å². The molecule has 0 amide bonds. The quantitative estimate of drug-likeness (QED) is 0.236. The molecule has 0 saturated heterocycles. The fourth-order valence-electron chi connectivity index (χ4n) is 2.57. The predicted octanol–water partition coefficient (Wildman–Crippen LogP) is 4.55. The first-order chi connectivity index (χ1) is 10.1. The van der Waals surface area contributed by atoms with Gasteiger partial charge in [-0.3, -0.25) is 17.2 Å². The fraction of sp³-hybridized carbons (Fsp3) is 0.889. The van der Waals surface area contributed by atoms with Crippen molar-refractivity contribution in [1.29, 1.82) is 0 Å². The number of unbranched alkanes of at least 4 members (excludes halogenated alkanes) is 13. The van der Waals surface area contributed by atoms with Crippen molar-refractivity contribution in [1.82, 2.24) is 0 Å². The van der Waals surface area contributed by atoms with Crippen LogP contribution < -0.4 is 17.2 Å². The first-order valence-corrected chi connectivity index (χ1v) is 9.10. The van der Waals surface area contributed by atoms with Crippen LogP contribution in [0, 0.1) is 0 Å². The van der Waals surface area contributed by atoms with Gasteiger partial charge in [-0.2, -0.15) is 0 Å². The lowest BCUT2D eigenvalue weighted by atomic mass is 10.0. The molecule has 0 aromatic heterocycles. The van der Waals surface area contributed by atoms with Gasteiger partial charge in [0, 0.05) is 0 Å². The monoisotopic (exact) mass is 297 g/mol. The Labute approximate surface area is 132 Å². The van der Waals surface area contributed by atoms with E-state index in [1.54, 1.807) is 6.08 Å². The van der Waals surface area contributed by atoms with Crippen LogP contribution >= 0.6 is 0 Å². The Bertz CT molecular complexity index is 231. The molecule has 0 spiro atoms. The Kier molecular flexibility index (Phi) is 14.3. The van der Waals surface area contributed by atoms with Gasteiger partial charge in [0.2, 0.25) is 0 Å². The van der Waals surface area contributed by atoms with E-state index in [9.17, 15) is 0 Å². The summed E-state index contributed by atoms with van der Waals surface area (Å²) >= 11 is 0. The summed E-state index contributed by atoms with van der Waals surface area (Å²) in [5.41, 5.74) is 16.4. The van der Waals surface area contributed by atoms with Crippen LogP contribution in [-0.2, 0) is 0 Å². The Hall–Kier alpha value is -0.380. The van der Waals surface area contributed by atoms with Crippen LogP contribution in [0.5, 0.6) is 0 Å². The normalized spacial score (nSPS) is 12.4. The lowest BCUT2D eigenvalue weighted by Crippen LogP contribution is -2.56. The number of hydrogen-bond donors (Lipinski definition) is 3. The molecule has 0 heterocycles. The molecule has 0 aromatic carbocycles. The minimum atomic E-state index is -1.14. The topological polar surface area (TPSA) is 78.1 Å². The van der Waals surface area contributed by atoms with Crippen molar-refractivity contribution in [3.63, 3.8) is 0 Å². The van der Waals surface area contributed by atoms with Gasteiger partial charge in [-0.15, -0.1) is 0 Å². The Balaban J connectivity index is 3.08. The molecule has 126 valence electrons. The summed E-state index contributed by atoms with van der Waals surface area (Å²) < 4.78 is 0. The van der Waals surface area contributed by atoms with Crippen LogP contribution in [0.1, 0.15) is 96.8 Å². The molecule has 0 atom stereocenters. The predicted molar refractivity (Wildman–Crippen MR) is 94.7 cm³/mol.